The molecule has 128 valence electrons. The molecule has 0 atom stereocenters. The smallest absolute Gasteiger partial charge is 0.323 e. The van der Waals surface area contributed by atoms with Crippen LogP contribution in [-0.2, 0) is 20.7 Å². The number of aryl methyl sites for hydroxylation is 1. The van der Waals surface area contributed by atoms with Gasteiger partial charge >= 0.3 is 5.97 Å². The second kappa shape index (κ2) is 7.05. The summed E-state index contributed by atoms with van der Waals surface area (Å²) in [5, 5.41) is 10.2. The molecule has 3 rings (SSSR count). The summed E-state index contributed by atoms with van der Waals surface area (Å²) in [6, 6.07) is 5.99. The molecule has 1 aliphatic heterocycles. The Labute approximate surface area is 140 Å². The van der Waals surface area contributed by atoms with Gasteiger partial charge in [0.1, 0.15) is 6.54 Å². The van der Waals surface area contributed by atoms with E-state index in [1.165, 1.54) is 4.90 Å². The lowest BCUT2D eigenvalue weighted by Crippen LogP contribution is -2.46. The molecule has 0 saturated carbocycles. The molecular weight excluding hydrogens is 308 g/mol. The van der Waals surface area contributed by atoms with Crippen LogP contribution in [0.3, 0.4) is 0 Å². The molecule has 2 heterocycles. The lowest BCUT2D eigenvalue weighted by atomic mass is 10.0. The standard InChI is InChI=1S/C18H22N2O4/c1-12-2-3-15-13(10-19-16(15)8-12)9-17(21)20(11-18(22)23)14-4-6-24-7-5-14/h2-3,8,10,14,19H,4-7,9,11H2,1H3,(H,22,23). The molecular formula is C18H22N2O4. The van der Waals surface area contributed by atoms with Gasteiger partial charge in [-0.1, -0.05) is 12.1 Å². The minimum Gasteiger partial charge on any atom is -0.480 e. The number of carbonyl (C=O) groups is 2. The Morgan fingerprint density at radius 1 is 1.33 bits per heavy atom. The number of hydrogen-bond donors (Lipinski definition) is 2. The van der Waals surface area contributed by atoms with E-state index in [4.69, 9.17) is 9.84 Å². The largest absolute Gasteiger partial charge is 0.480 e. The number of carboxylic acids is 1. The van der Waals surface area contributed by atoms with E-state index in [0.717, 1.165) is 22.0 Å². The van der Waals surface area contributed by atoms with Crippen molar-refractivity contribution in [2.75, 3.05) is 19.8 Å². The zero-order chi connectivity index (χ0) is 17.1. The predicted octanol–water partition coefficient (Wildman–Crippen LogP) is 2.11. The number of carboxylic acid groups (broad SMARTS) is 1. The van der Waals surface area contributed by atoms with Gasteiger partial charge in [0.2, 0.25) is 5.91 Å². The first kappa shape index (κ1) is 16.5. The molecule has 6 heteroatoms. The van der Waals surface area contributed by atoms with Gasteiger partial charge in [0.05, 0.1) is 6.42 Å². The van der Waals surface area contributed by atoms with Gasteiger partial charge in [0.15, 0.2) is 0 Å². The summed E-state index contributed by atoms with van der Waals surface area (Å²) in [6.45, 7) is 2.90. The Hall–Kier alpha value is -2.34. The Kier molecular flexibility index (Phi) is 4.85. The molecule has 0 aliphatic carbocycles. The van der Waals surface area contributed by atoms with Crippen molar-refractivity contribution in [1.82, 2.24) is 9.88 Å². The number of nitrogens with one attached hydrogen (secondary N) is 1. The molecule has 2 N–H and O–H groups in total. The number of aromatic amines is 1. The average Bonchev–Trinajstić information content (AvgIpc) is 2.95. The number of nitrogens with zero attached hydrogens (tertiary/aromatic N) is 1. The lowest BCUT2D eigenvalue weighted by Gasteiger charge is -2.33. The van der Waals surface area contributed by atoms with E-state index in [-0.39, 0.29) is 24.9 Å². The number of ether oxygens (including phenoxy) is 1. The van der Waals surface area contributed by atoms with Gasteiger partial charge < -0.3 is 19.7 Å². The van der Waals surface area contributed by atoms with Gasteiger partial charge in [-0.2, -0.15) is 0 Å². The predicted molar refractivity (Wildman–Crippen MR) is 89.9 cm³/mol. The third-order valence-corrected chi connectivity index (χ3v) is 4.52. The number of amides is 1. The van der Waals surface area contributed by atoms with Crippen LogP contribution in [0.25, 0.3) is 10.9 Å². The Balaban J connectivity index is 1.79. The molecule has 0 bridgehead atoms. The van der Waals surface area contributed by atoms with Crippen LogP contribution in [0.4, 0.5) is 0 Å². The van der Waals surface area contributed by atoms with E-state index in [2.05, 4.69) is 4.98 Å². The van der Waals surface area contributed by atoms with Gasteiger partial charge in [-0.15, -0.1) is 0 Å². The van der Waals surface area contributed by atoms with Crippen LogP contribution in [0.2, 0.25) is 0 Å². The lowest BCUT2D eigenvalue weighted by molar-refractivity contribution is -0.147. The van der Waals surface area contributed by atoms with E-state index in [1.54, 1.807) is 0 Å². The van der Waals surface area contributed by atoms with Crippen molar-refractivity contribution in [2.45, 2.75) is 32.2 Å². The molecule has 0 radical (unpaired) electrons. The maximum Gasteiger partial charge on any atom is 0.323 e. The number of hydrogen-bond acceptors (Lipinski definition) is 3. The van der Waals surface area contributed by atoms with E-state index >= 15 is 0 Å². The third-order valence-electron chi connectivity index (χ3n) is 4.52. The van der Waals surface area contributed by atoms with Crippen LogP contribution in [-0.4, -0.2) is 52.7 Å². The summed E-state index contributed by atoms with van der Waals surface area (Å²) in [7, 11) is 0. The SMILES string of the molecule is Cc1ccc2c(CC(=O)N(CC(=O)O)C3CCOCC3)c[nH]c2c1. The monoisotopic (exact) mass is 330 g/mol. The molecule has 1 aliphatic rings. The van der Waals surface area contributed by atoms with Crippen LogP contribution in [0.1, 0.15) is 24.0 Å². The zero-order valence-corrected chi connectivity index (χ0v) is 13.7. The number of rotatable bonds is 5. The summed E-state index contributed by atoms with van der Waals surface area (Å²) >= 11 is 0. The average molecular weight is 330 g/mol. The van der Waals surface area contributed by atoms with E-state index in [0.29, 0.717) is 26.1 Å². The Bertz CT molecular complexity index is 747. The van der Waals surface area contributed by atoms with E-state index in [9.17, 15) is 9.59 Å². The molecule has 6 nitrogen and oxygen atoms in total. The second-order valence-corrected chi connectivity index (χ2v) is 6.30. The highest BCUT2D eigenvalue weighted by molar-refractivity contribution is 5.90. The number of H-pyrrole nitrogens is 1. The first-order valence-electron chi connectivity index (χ1n) is 8.20. The molecule has 0 unspecified atom stereocenters. The van der Waals surface area contributed by atoms with Crippen molar-refractivity contribution < 1.29 is 19.4 Å². The third kappa shape index (κ3) is 3.59. The molecule has 1 amide bonds. The van der Waals surface area contributed by atoms with Crippen molar-refractivity contribution in [3.63, 3.8) is 0 Å². The van der Waals surface area contributed by atoms with Crippen LogP contribution in [0.5, 0.6) is 0 Å². The number of carbonyl (C=O) groups excluding carboxylic acids is 1. The van der Waals surface area contributed by atoms with Crippen LogP contribution in [0, 0.1) is 6.92 Å². The molecule has 2 aromatic rings. The number of fused-ring (bicyclic) bond motifs is 1. The summed E-state index contributed by atoms with van der Waals surface area (Å²) in [4.78, 5) is 28.6. The molecule has 1 saturated heterocycles. The first-order chi connectivity index (χ1) is 11.5. The maximum absolute atomic E-state index is 12.8. The highest BCUT2D eigenvalue weighted by atomic mass is 16.5. The van der Waals surface area contributed by atoms with Gasteiger partial charge in [-0.25, -0.2) is 0 Å². The molecule has 1 aromatic heterocycles. The summed E-state index contributed by atoms with van der Waals surface area (Å²) < 4.78 is 5.32. The van der Waals surface area contributed by atoms with Crippen molar-refractivity contribution >= 4 is 22.8 Å². The number of benzene rings is 1. The van der Waals surface area contributed by atoms with Gasteiger partial charge in [0.25, 0.3) is 0 Å². The van der Waals surface area contributed by atoms with Crippen molar-refractivity contribution in [3.05, 3.63) is 35.5 Å². The van der Waals surface area contributed by atoms with Crippen LogP contribution in [0.15, 0.2) is 24.4 Å². The second-order valence-electron chi connectivity index (χ2n) is 6.30. The fourth-order valence-electron chi connectivity index (χ4n) is 3.27. The highest BCUT2D eigenvalue weighted by Gasteiger charge is 2.28. The fourth-order valence-corrected chi connectivity index (χ4v) is 3.27. The van der Waals surface area contributed by atoms with Crippen LogP contribution < -0.4 is 0 Å². The molecule has 0 spiro atoms. The van der Waals surface area contributed by atoms with Gasteiger partial charge in [-0.3, -0.25) is 9.59 Å². The van der Waals surface area contributed by atoms with Crippen LogP contribution >= 0.6 is 0 Å². The first-order valence-corrected chi connectivity index (χ1v) is 8.20. The zero-order valence-electron chi connectivity index (χ0n) is 13.7. The topological polar surface area (TPSA) is 82.6 Å². The quantitative estimate of drug-likeness (QED) is 0.879. The minimum absolute atomic E-state index is 0.0604. The maximum atomic E-state index is 12.8. The molecule has 1 fully saturated rings. The number of aliphatic carboxylic acids is 1. The Morgan fingerprint density at radius 3 is 2.79 bits per heavy atom. The molecule has 24 heavy (non-hydrogen) atoms. The summed E-state index contributed by atoms with van der Waals surface area (Å²) in [5.74, 6) is -1.13. The van der Waals surface area contributed by atoms with Crippen molar-refractivity contribution in [3.8, 4) is 0 Å². The van der Waals surface area contributed by atoms with Gasteiger partial charge in [0, 0.05) is 36.4 Å². The van der Waals surface area contributed by atoms with Crippen molar-refractivity contribution in [2.24, 2.45) is 0 Å². The number of aromatic nitrogens is 1. The highest BCUT2D eigenvalue weighted by Crippen LogP contribution is 2.22. The summed E-state index contributed by atoms with van der Waals surface area (Å²) in [6.07, 6.45) is 3.41. The minimum atomic E-state index is -0.982. The Morgan fingerprint density at radius 2 is 2.08 bits per heavy atom. The normalized spacial score (nSPS) is 15.5. The van der Waals surface area contributed by atoms with Gasteiger partial charge in [-0.05, 0) is 37.0 Å². The van der Waals surface area contributed by atoms with E-state index < -0.39 is 5.97 Å². The molecule has 1 aromatic carbocycles. The summed E-state index contributed by atoms with van der Waals surface area (Å²) in [5.41, 5.74) is 3.04. The van der Waals surface area contributed by atoms with Crippen molar-refractivity contribution in [1.29, 1.82) is 0 Å². The fraction of sp³-hybridized carbons (Fsp3) is 0.444. The van der Waals surface area contributed by atoms with E-state index in [1.807, 2.05) is 31.3 Å².